The summed E-state index contributed by atoms with van der Waals surface area (Å²) in [7, 11) is 2.06. The highest BCUT2D eigenvalue weighted by atomic mass is 16.2. The summed E-state index contributed by atoms with van der Waals surface area (Å²) in [6, 6.07) is 7.03. The largest absolute Gasteiger partial charge is 0.339 e. The first kappa shape index (κ1) is 16.5. The summed E-state index contributed by atoms with van der Waals surface area (Å²) < 4.78 is 0. The van der Waals surface area contributed by atoms with Gasteiger partial charge in [-0.05, 0) is 45.2 Å². The van der Waals surface area contributed by atoms with Crippen LogP contribution in [0, 0.1) is 0 Å². The fraction of sp³-hybridized carbons (Fsp3) is 0.529. The minimum Gasteiger partial charge on any atom is -0.339 e. The van der Waals surface area contributed by atoms with Gasteiger partial charge >= 0.3 is 0 Å². The number of likely N-dealkylation sites (N-methyl/N-ethyl adjacent to an activating group) is 1. The van der Waals surface area contributed by atoms with E-state index in [1.165, 1.54) is 0 Å². The number of piperazine rings is 1. The Labute approximate surface area is 132 Å². The molecule has 0 unspecified atom stereocenters. The molecule has 5 heteroatoms. The maximum Gasteiger partial charge on any atom is 0.253 e. The molecule has 0 aromatic heterocycles. The highest BCUT2D eigenvalue weighted by molar-refractivity contribution is 5.97. The lowest BCUT2D eigenvalue weighted by molar-refractivity contribution is 0.0663. The van der Waals surface area contributed by atoms with Gasteiger partial charge in [0.05, 0.1) is 0 Å². The third kappa shape index (κ3) is 3.65. The molecule has 22 heavy (non-hydrogen) atoms. The van der Waals surface area contributed by atoms with Gasteiger partial charge < -0.3 is 14.7 Å². The molecule has 2 amide bonds. The number of benzene rings is 1. The predicted molar refractivity (Wildman–Crippen MR) is 87.1 cm³/mol. The van der Waals surface area contributed by atoms with Crippen molar-refractivity contribution in [3.05, 3.63) is 35.4 Å². The standard InChI is InChI=1S/C17H25N3O2/c1-4-19(5-2)16(21)14-6-8-15(9-7-14)17(22)20-12-10-18(3)11-13-20/h6-9H,4-5,10-13H2,1-3H3. The van der Waals surface area contributed by atoms with E-state index in [1.54, 1.807) is 29.2 Å². The van der Waals surface area contributed by atoms with Gasteiger partial charge in [-0.2, -0.15) is 0 Å². The van der Waals surface area contributed by atoms with E-state index in [-0.39, 0.29) is 11.8 Å². The molecule has 0 spiro atoms. The average molecular weight is 303 g/mol. The first-order valence-electron chi connectivity index (χ1n) is 7.94. The fourth-order valence-electron chi connectivity index (χ4n) is 2.64. The first-order chi connectivity index (χ1) is 10.6. The second-order valence-electron chi connectivity index (χ2n) is 5.65. The Morgan fingerprint density at radius 1 is 0.955 bits per heavy atom. The van der Waals surface area contributed by atoms with Crippen LogP contribution in [-0.2, 0) is 0 Å². The SMILES string of the molecule is CCN(CC)C(=O)c1ccc(C(=O)N2CCN(C)CC2)cc1. The summed E-state index contributed by atoms with van der Waals surface area (Å²) in [4.78, 5) is 30.6. The van der Waals surface area contributed by atoms with Crippen LogP contribution in [0.25, 0.3) is 0 Å². The molecule has 1 aliphatic heterocycles. The van der Waals surface area contributed by atoms with Crippen LogP contribution in [0.5, 0.6) is 0 Å². The summed E-state index contributed by atoms with van der Waals surface area (Å²) in [5, 5.41) is 0. The van der Waals surface area contributed by atoms with Crippen LogP contribution < -0.4 is 0 Å². The minimum atomic E-state index is 0.0172. The number of rotatable bonds is 4. The summed E-state index contributed by atoms with van der Waals surface area (Å²) in [6.07, 6.45) is 0. The Morgan fingerprint density at radius 3 is 1.95 bits per heavy atom. The van der Waals surface area contributed by atoms with Crippen LogP contribution in [0.2, 0.25) is 0 Å². The molecule has 2 rings (SSSR count). The van der Waals surface area contributed by atoms with E-state index in [9.17, 15) is 9.59 Å². The van der Waals surface area contributed by atoms with Crippen molar-refractivity contribution in [1.82, 2.24) is 14.7 Å². The van der Waals surface area contributed by atoms with Crippen molar-refractivity contribution in [2.75, 3.05) is 46.3 Å². The van der Waals surface area contributed by atoms with Crippen molar-refractivity contribution < 1.29 is 9.59 Å². The van der Waals surface area contributed by atoms with Gasteiger partial charge in [-0.3, -0.25) is 9.59 Å². The van der Waals surface area contributed by atoms with Crippen LogP contribution in [-0.4, -0.2) is 72.8 Å². The van der Waals surface area contributed by atoms with Gasteiger partial charge in [0.25, 0.3) is 11.8 Å². The molecule has 5 nitrogen and oxygen atoms in total. The molecule has 0 N–H and O–H groups in total. The first-order valence-corrected chi connectivity index (χ1v) is 7.94. The molecular formula is C17H25N3O2. The van der Waals surface area contributed by atoms with Gasteiger partial charge in [-0.25, -0.2) is 0 Å². The molecule has 1 aliphatic rings. The lowest BCUT2D eigenvalue weighted by Gasteiger charge is -2.32. The van der Waals surface area contributed by atoms with Crippen LogP contribution in [0.15, 0.2) is 24.3 Å². The third-order valence-corrected chi connectivity index (χ3v) is 4.22. The second-order valence-corrected chi connectivity index (χ2v) is 5.65. The molecule has 0 aliphatic carbocycles. The van der Waals surface area contributed by atoms with Crippen molar-refractivity contribution in [2.45, 2.75) is 13.8 Å². The summed E-state index contributed by atoms with van der Waals surface area (Å²) in [6.45, 7) is 8.65. The topological polar surface area (TPSA) is 43.9 Å². The Morgan fingerprint density at radius 2 is 1.45 bits per heavy atom. The van der Waals surface area contributed by atoms with E-state index in [0.29, 0.717) is 24.2 Å². The molecule has 0 saturated carbocycles. The molecule has 1 aromatic rings. The lowest BCUT2D eigenvalue weighted by Crippen LogP contribution is -2.47. The third-order valence-electron chi connectivity index (χ3n) is 4.22. The van der Waals surface area contributed by atoms with Crippen LogP contribution in [0.3, 0.4) is 0 Å². The van der Waals surface area contributed by atoms with E-state index in [0.717, 1.165) is 26.2 Å². The zero-order valence-corrected chi connectivity index (χ0v) is 13.7. The molecule has 1 saturated heterocycles. The van der Waals surface area contributed by atoms with E-state index >= 15 is 0 Å². The van der Waals surface area contributed by atoms with E-state index in [2.05, 4.69) is 11.9 Å². The van der Waals surface area contributed by atoms with E-state index < -0.39 is 0 Å². The maximum absolute atomic E-state index is 12.4. The van der Waals surface area contributed by atoms with E-state index in [4.69, 9.17) is 0 Å². The van der Waals surface area contributed by atoms with Crippen molar-refractivity contribution in [2.24, 2.45) is 0 Å². The van der Waals surface area contributed by atoms with E-state index in [1.807, 2.05) is 18.7 Å². The minimum absolute atomic E-state index is 0.0172. The Balaban J connectivity index is 2.05. The smallest absolute Gasteiger partial charge is 0.253 e. The van der Waals surface area contributed by atoms with Gasteiger partial charge in [-0.1, -0.05) is 0 Å². The normalized spacial score (nSPS) is 15.7. The molecule has 1 fully saturated rings. The van der Waals surface area contributed by atoms with Gasteiger partial charge in [0.2, 0.25) is 0 Å². The fourth-order valence-corrected chi connectivity index (χ4v) is 2.64. The highest BCUT2D eigenvalue weighted by Crippen LogP contribution is 2.11. The van der Waals surface area contributed by atoms with Crippen LogP contribution in [0.1, 0.15) is 34.6 Å². The molecule has 1 heterocycles. The van der Waals surface area contributed by atoms with Crippen molar-refractivity contribution >= 4 is 11.8 Å². The van der Waals surface area contributed by atoms with Crippen LogP contribution >= 0.6 is 0 Å². The van der Waals surface area contributed by atoms with Gasteiger partial charge in [0.15, 0.2) is 0 Å². The number of hydrogen-bond donors (Lipinski definition) is 0. The molecule has 120 valence electrons. The Bertz CT molecular complexity index is 515. The molecule has 0 atom stereocenters. The summed E-state index contributed by atoms with van der Waals surface area (Å²) in [5.74, 6) is 0.0681. The zero-order chi connectivity index (χ0) is 16.1. The zero-order valence-electron chi connectivity index (χ0n) is 13.7. The number of nitrogens with zero attached hydrogens (tertiary/aromatic N) is 3. The van der Waals surface area contributed by atoms with Crippen molar-refractivity contribution in [3.8, 4) is 0 Å². The summed E-state index contributed by atoms with van der Waals surface area (Å²) in [5.41, 5.74) is 1.29. The number of carbonyl (C=O) groups is 2. The van der Waals surface area contributed by atoms with Crippen LogP contribution in [0.4, 0.5) is 0 Å². The molecular weight excluding hydrogens is 278 g/mol. The summed E-state index contributed by atoms with van der Waals surface area (Å²) >= 11 is 0. The predicted octanol–water partition coefficient (Wildman–Crippen LogP) is 1.56. The number of amides is 2. The average Bonchev–Trinajstić information content (AvgIpc) is 2.56. The quantitative estimate of drug-likeness (QED) is 0.848. The number of carbonyl (C=O) groups excluding carboxylic acids is 2. The Kier molecular flexibility index (Phi) is 5.55. The number of hydrogen-bond acceptors (Lipinski definition) is 3. The van der Waals surface area contributed by atoms with Gasteiger partial charge in [0.1, 0.15) is 0 Å². The molecule has 0 radical (unpaired) electrons. The van der Waals surface area contributed by atoms with Crippen molar-refractivity contribution in [3.63, 3.8) is 0 Å². The second kappa shape index (κ2) is 7.40. The lowest BCUT2D eigenvalue weighted by atomic mass is 10.1. The molecule has 1 aromatic carbocycles. The Hall–Kier alpha value is -1.88. The highest BCUT2D eigenvalue weighted by Gasteiger charge is 2.20. The maximum atomic E-state index is 12.4. The van der Waals surface area contributed by atoms with Crippen molar-refractivity contribution in [1.29, 1.82) is 0 Å². The van der Waals surface area contributed by atoms with Gasteiger partial charge in [0, 0.05) is 50.4 Å². The van der Waals surface area contributed by atoms with Gasteiger partial charge in [-0.15, -0.1) is 0 Å². The molecule has 0 bridgehead atoms. The monoisotopic (exact) mass is 303 g/mol.